The monoisotopic (exact) mass is 349 g/mol. The van der Waals surface area contributed by atoms with E-state index >= 15 is 0 Å². The highest BCUT2D eigenvalue weighted by Gasteiger charge is 2.35. The van der Waals surface area contributed by atoms with Crippen LogP contribution < -0.4 is 0 Å². The fourth-order valence-electron chi connectivity index (χ4n) is 2.08. The van der Waals surface area contributed by atoms with E-state index in [2.05, 4.69) is 4.98 Å². The molecule has 5 nitrogen and oxygen atoms in total. The number of aromatic nitrogens is 1. The lowest BCUT2D eigenvalue weighted by Crippen LogP contribution is -2.30. The van der Waals surface area contributed by atoms with E-state index in [-0.39, 0.29) is 10.5 Å². The van der Waals surface area contributed by atoms with E-state index in [4.69, 9.17) is 14.2 Å². The average molecular weight is 349 g/mol. The molecule has 9 heteroatoms. The van der Waals surface area contributed by atoms with Crippen LogP contribution in [0.3, 0.4) is 0 Å². The van der Waals surface area contributed by atoms with E-state index in [1.54, 1.807) is 0 Å². The molecule has 0 bridgehead atoms. The Morgan fingerprint density at radius 2 is 1.87 bits per heavy atom. The number of ether oxygens (including phenoxy) is 3. The van der Waals surface area contributed by atoms with Crippen LogP contribution >= 0.6 is 11.3 Å². The summed E-state index contributed by atoms with van der Waals surface area (Å²) < 4.78 is 53.7. The topological polar surface area (TPSA) is 57.7 Å². The highest BCUT2D eigenvalue weighted by molar-refractivity contribution is 7.18. The molecule has 1 heterocycles. The minimum absolute atomic E-state index is 0.152. The van der Waals surface area contributed by atoms with E-state index in [1.165, 1.54) is 27.4 Å². The van der Waals surface area contributed by atoms with E-state index in [1.807, 2.05) is 0 Å². The second-order valence-electron chi connectivity index (χ2n) is 4.57. The Kier molecular flexibility index (Phi) is 5.23. The van der Waals surface area contributed by atoms with Gasteiger partial charge >= 0.3 is 12.1 Å². The van der Waals surface area contributed by atoms with Gasteiger partial charge in [0.25, 0.3) is 0 Å². The SMILES string of the molecule is COC(=O)C(c1nc2cc(C(F)(F)F)ccc2s1)C(OC)OC. The van der Waals surface area contributed by atoms with Gasteiger partial charge in [0, 0.05) is 14.2 Å². The molecule has 0 radical (unpaired) electrons. The highest BCUT2D eigenvalue weighted by atomic mass is 32.1. The van der Waals surface area contributed by atoms with Gasteiger partial charge in [0.15, 0.2) is 12.2 Å². The van der Waals surface area contributed by atoms with Crippen LogP contribution in [0.15, 0.2) is 18.2 Å². The third-order valence-corrected chi connectivity index (χ3v) is 4.31. The minimum Gasteiger partial charge on any atom is -0.468 e. The third-order valence-electron chi connectivity index (χ3n) is 3.19. The predicted molar refractivity (Wildman–Crippen MR) is 77.2 cm³/mol. The normalized spacial score (nSPS) is 13.5. The van der Waals surface area contributed by atoms with E-state index in [9.17, 15) is 18.0 Å². The lowest BCUT2D eigenvalue weighted by molar-refractivity contribution is -0.163. The van der Waals surface area contributed by atoms with Crippen LogP contribution in [0.2, 0.25) is 0 Å². The Bertz CT molecular complexity index is 697. The first-order chi connectivity index (χ1) is 10.8. The Hall–Kier alpha value is -1.71. The first kappa shape index (κ1) is 17.6. The second kappa shape index (κ2) is 6.81. The van der Waals surface area contributed by atoms with Gasteiger partial charge in [-0.1, -0.05) is 0 Å². The average Bonchev–Trinajstić information content (AvgIpc) is 2.93. The third kappa shape index (κ3) is 3.62. The summed E-state index contributed by atoms with van der Waals surface area (Å²) in [7, 11) is 3.89. The summed E-state index contributed by atoms with van der Waals surface area (Å²) in [5, 5.41) is 0.264. The molecule has 0 saturated heterocycles. The summed E-state index contributed by atoms with van der Waals surface area (Å²) in [5.74, 6) is -1.63. The van der Waals surface area contributed by atoms with Gasteiger partial charge in [-0.05, 0) is 18.2 Å². The van der Waals surface area contributed by atoms with E-state index in [0.29, 0.717) is 4.70 Å². The largest absolute Gasteiger partial charge is 0.468 e. The number of nitrogens with zero attached hydrogens (tertiary/aromatic N) is 1. The molecule has 0 aliphatic rings. The summed E-state index contributed by atoms with van der Waals surface area (Å²) in [6, 6.07) is 3.24. The lowest BCUT2D eigenvalue weighted by atomic mass is 10.1. The molecule has 0 aliphatic heterocycles. The summed E-state index contributed by atoms with van der Waals surface area (Å²) in [4.78, 5) is 16.1. The molecule has 1 unspecified atom stereocenters. The van der Waals surface area contributed by atoms with E-state index < -0.39 is 29.9 Å². The zero-order valence-electron chi connectivity index (χ0n) is 12.5. The minimum atomic E-state index is -4.46. The quantitative estimate of drug-likeness (QED) is 0.613. The molecule has 0 spiro atoms. The molecule has 0 fully saturated rings. The number of carbonyl (C=O) groups is 1. The van der Waals surface area contributed by atoms with Gasteiger partial charge in [-0.2, -0.15) is 13.2 Å². The molecule has 126 valence electrons. The standard InChI is InChI=1S/C14H14F3NO4S/c1-20-12(19)10(13(21-2)22-3)11-18-8-6-7(14(15,16)17)4-5-9(8)23-11/h4-6,10,13H,1-3H3. The molecule has 0 N–H and O–H groups in total. The summed E-state index contributed by atoms with van der Waals surface area (Å²) >= 11 is 1.09. The molecule has 0 amide bonds. The first-order valence-corrected chi connectivity index (χ1v) is 7.24. The van der Waals surface area contributed by atoms with Crippen molar-refractivity contribution in [2.75, 3.05) is 21.3 Å². The molecule has 1 atom stereocenters. The van der Waals surface area contributed by atoms with Crippen molar-refractivity contribution >= 4 is 27.5 Å². The Morgan fingerprint density at radius 1 is 1.22 bits per heavy atom. The fourth-order valence-corrected chi connectivity index (χ4v) is 3.13. The predicted octanol–water partition coefficient (Wildman–Crippen LogP) is 3.19. The summed E-state index contributed by atoms with van der Waals surface area (Å²) in [6.07, 6.45) is -5.41. The summed E-state index contributed by atoms with van der Waals surface area (Å²) in [6.45, 7) is 0. The number of thiazole rings is 1. The smallest absolute Gasteiger partial charge is 0.416 e. The highest BCUT2D eigenvalue weighted by Crippen LogP contribution is 2.35. The Labute approximate surface area is 134 Å². The maximum Gasteiger partial charge on any atom is 0.416 e. The van der Waals surface area contributed by atoms with Crippen LogP contribution in [-0.4, -0.2) is 38.6 Å². The molecule has 0 aliphatic carbocycles. The molecular formula is C14H14F3NO4S. The van der Waals surface area contributed by atoms with Gasteiger partial charge in [0.2, 0.25) is 0 Å². The molecular weight excluding hydrogens is 335 g/mol. The zero-order chi connectivity index (χ0) is 17.2. The van der Waals surface area contributed by atoms with Gasteiger partial charge in [-0.25, -0.2) is 4.98 Å². The number of benzene rings is 1. The van der Waals surface area contributed by atoms with Crippen LogP contribution in [0, 0.1) is 0 Å². The van der Waals surface area contributed by atoms with Gasteiger partial charge in [-0.15, -0.1) is 11.3 Å². The number of fused-ring (bicyclic) bond motifs is 1. The van der Waals surface area contributed by atoms with Crippen molar-refractivity contribution in [1.82, 2.24) is 4.98 Å². The number of halogens is 3. The van der Waals surface area contributed by atoms with Gasteiger partial charge in [0.05, 0.1) is 22.9 Å². The number of methoxy groups -OCH3 is 3. The number of esters is 1. The maximum atomic E-state index is 12.8. The van der Waals surface area contributed by atoms with Crippen LogP contribution in [0.1, 0.15) is 16.5 Å². The molecule has 2 aromatic rings. The Morgan fingerprint density at radius 3 is 2.39 bits per heavy atom. The maximum absolute atomic E-state index is 12.8. The number of hydrogen-bond donors (Lipinski definition) is 0. The van der Waals surface area contributed by atoms with Crippen LogP contribution in [0.5, 0.6) is 0 Å². The van der Waals surface area contributed by atoms with Crippen molar-refractivity contribution in [3.05, 3.63) is 28.8 Å². The number of carbonyl (C=O) groups excluding carboxylic acids is 1. The molecule has 2 rings (SSSR count). The number of alkyl halides is 3. The van der Waals surface area contributed by atoms with Gasteiger partial charge in [0.1, 0.15) is 5.01 Å². The van der Waals surface area contributed by atoms with Crippen molar-refractivity contribution in [2.24, 2.45) is 0 Å². The zero-order valence-corrected chi connectivity index (χ0v) is 13.3. The number of hydrogen-bond acceptors (Lipinski definition) is 6. The van der Waals surface area contributed by atoms with Crippen molar-refractivity contribution in [3.63, 3.8) is 0 Å². The second-order valence-corrected chi connectivity index (χ2v) is 5.64. The summed E-state index contributed by atoms with van der Waals surface area (Å²) in [5.41, 5.74) is -0.647. The first-order valence-electron chi connectivity index (χ1n) is 6.43. The fraction of sp³-hybridized carbons (Fsp3) is 0.429. The Balaban J connectivity index is 2.50. The van der Waals surface area contributed by atoms with Crippen molar-refractivity contribution in [2.45, 2.75) is 18.4 Å². The molecule has 23 heavy (non-hydrogen) atoms. The number of rotatable bonds is 5. The lowest BCUT2D eigenvalue weighted by Gasteiger charge is -2.20. The van der Waals surface area contributed by atoms with Gasteiger partial charge < -0.3 is 14.2 Å². The van der Waals surface area contributed by atoms with Crippen molar-refractivity contribution < 1.29 is 32.2 Å². The molecule has 1 aromatic heterocycles. The van der Waals surface area contributed by atoms with Gasteiger partial charge in [-0.3, -0.25) is 4.79 Å². The van der Waals surface area contributed by atoms with Crippen LogP contribution in [0.25, 0.3) is 10.2 Å². The molecule has 1 aromatic carbocycles. The molecule has 0 saturated carbocycles. The van der Waals surface area contributed by atoms with Crippen molar-refractivity contribution in [3.8, 4) is 0 Å². The van der Waals surface area contributed by atoms with Crippen LogP contribution in [-0.2, 0) is 25.2 Å². The van der Waals surface area contributed by atoms with Crippen LogP contribution in [0.4, 0.5) is 13.2 Å². The van der Waals surface area contributed by atoms with Crippen molar-refractivity contribution in [1.29, 1.82) is 0 Å². The van der Waals surface area contributed by atoms with E-state index in [0.717, 1.165) is 23.5 Å².